The fourth-order valence-corrected chi connectivity index (χ4v) is 1.20. The summed E-state index contributed by atoms with van der Waals surface area (Å²) in [6.07, 6.45) is 1.68. The summed E-state index contributed by atoms with van der Waals surface area (Å²) in [6.45, 7) is 0. The zero-order valence-electron chi connectivity index (χ0n) is 3.32. The van der Waals surface area contributed by atoms with Gasteiger partial charge in [-0.15, -0.1) is 0 Å². The topological polar surface area (TPSA) is 29.1 Å². The van der Waals surface area contributed by atoms with Crippen molar-refractivity contribution in [2.24, 2.45) is 0 Å². The molecule has 1 N–H and O–H groups in total. The summed E-state index contributed by atoms with van der Waals surface area (Å²) in [6, 6.07) is 0. The van der Waals surface area contributed by atoms with Crippen molar-refractivity contribution in [3.05, 3.63) is 0 Å². The van der Waals surface area contributed by atoms with Gasteiger partial charge in [-0.1, -0.05) is 8.58 Å². The van der Waals surface area contributed by atoms with Crippen molar-refractivity contribution in [2.75, 3.05) is 12.4 Å². The molecule has 0 saturated carbocycles. The van der Waals surface area contributed by atoms with E-state index in [4.69, 9.17) is 0 Å². The minimum absolute atomic E-state index is 0.216. The van der Waals surface area contributed by atoms with Gasteiger partial charge < -0.3 is 5.32 Å². The van der Waals surface area contributed by atoms with Crippen molar-refractivity contribution in [3.63, 3.8) is 0 Å². The summed E-state index contributed by atoms with van der Waals surface area (Å²) in [5, 5.41) is 2.69. The van der Waals surface area contributed by atoms with Crippen LogP contribution in [0.2, 0.25) is 0 Å². The highest BCUT2D eigenvalue weighted by molar-refractivity contribution is 7.40. The fraction of sp³-hybridized carbons (Fsp3) is 0.667. The third-order valence-electron chi connectivity index (χ3n) is 0.696. The summed E-state index contributed by atoms with van der Waals surface area (Å²) < 4.78 is 0. The first-order valence-corrected chi connectivity index (χ1v) is 3.28. The number of amides is 1. The number of hydrogen-bond acceptors (Lipinski definition) is 1. The molecule has 0 aromatic heterocycles. The van der Waals surface area contributed by atoms with Crippen LogP contribution in [0, 0.1) is 0 Å². The van der Waals surface area contributed by atoms with Gasteiger partial charge in [0.05, 0.1) is 0 Å². The minimum Gasteiger partial charge on any atom is -0.352 e. The summed E-state index contributed by atoms with van der Waals surface area (Å²) >= 11 is 0. The highest BCUT2D eigenvalue weighted by Crippen LogP contribution is 2.10. The van der Waals surface area contributed by atoms with Crippen molar-refractivity contribution in [3.8, 4) is 0 Å². The molecule has 1 unspecified atom stereocenters. The van der Waals surface area contributed by atoms with Gasteiger partial charge in [0.1, 0.15) is 0 Å². The Morgan fingerprint density at radius 2 is 2.67 bits per heavy atom. The van der Waals surface area contributed by atoms with E-state index in [1.165, 1.54) is 0 Å². The predicted molar refractivity (Wildman–Crippen MR) is 26.2 cm³/mol. The quantitative estimate of drug-likeness (QED) is 0.421. The van der Waals surface area contributed by atoms with Crippen LogP contribution in [0.5, 0.6) is 0 Å². The molecule has 3 heteroatoms. The second-order valence-electron chi connectivity index (χ2n) is 1.20. The van der Waals surface area contributed by atoms with Gasteiger partial charge in [0.25, 0.3) is 0 Å². The van der Waals surface area contributed by atoms with Crippen LogP contribution in [-0.2, 0) is 4.79 Å². The van der Waals surface area contributed by atoms with Crippen molar-refractivity contribution >= 4 is 14.5 Å². The molecule has 1 atom stereocenters. The van der Waals surface area contributed by atoms with Crippen molar-refractivity contribution in [1.82, 2.24) is 5.32 Å². The number of carbonyl (C=O) groups excluding carboxylic acids is 1. The SMILES string of the molecule is O=C1CPCN1. The van der Waals surface area contributed by atoms with E-state index < -0.39 is 0 Å². The highest BCUT2D eigenvalue weighted by atomic mass is 31.1. The molecule has 1 saturated heterocycles. The van der Waals surface area contributed by atoms with Crippen molar-refractivity contribution < 1.29 is 4.79 Å². The Bertz CT molecular complexity index is 65.2. The van der Waals surface area contributed by atoms with Crippen molar-refractivity contribution in [1.29, 1.82) is 0 Å². The minimum atomic E-state index is 0.216. The smallest absolute Gasteiger partial charge is 0.224 e. The third kappa shape index (κ3) is 0.689. The molecule has 1 amide bonds. The van der Waals surface area contributed by atoms with Crippen LogP contribution in [0.15, 0.2) is 0 Å². The lowest BCUT2D eigenvalue weighted by molar-refractivity contribution is -0.117. The molecule has 1 rings (SSSR count). The lowest BCUT2D eigenvalue weighted by atomic mass is 10.7. The first kappa shape index (κ1) is 4.07. The van der Waals surface area contributed by atoms with Gasteiger partial charge in [0.2, 0.25) is 5.91 Å². The molecule has 0 aromatic carbocycles. The lowest BCUT2D eigenvalue weighted by Gasteiger charge is -1.79. The van der Waals surface area contributed by atoms with E-state index in [9.17, 15) is 4.79 Å². The molecular formula is C3H6NOP. The standard InChI is InChI=1S/C3H6NOP/c5-3-1-6-2-4-3/h6H,1-2H2,(H,4,5). The van der Waals surface area contributed by atoms with Crippen LogP contribution in [0.3, 0.4) is 0 Å². The molecule has 0 bridgehead atoms. The maximum atomic E-state index is 10.1. The van der Waals surface area contributed by atoms with Gasteiger partial charge in [-0.05, 0) is 0 Å². The molecule has 1 aliphatic rings. The van der Waals surface area contributed by atoms with Gasteiger partial charge >= 0.3 is 0 Å². The van der Waals surface area contributed by atoms with Gasteiger partial charge in [-0.2, -0.15) is 0 Å². The van der Waals surface area contributed by atoms with Gasteiger partial charge in [0.15, 0.2) is 0 Å². The first-order valence-electron chi connectivity index (χ1n) is 1.87. The van der Waals surface area contributed by atoms with Crippen LogP contribution >= 0.6 is 8.58 Å². The number of nitrogens with one attached hydrogen (secondary N) is 1. The number of carbonyl (C=O) groups is 1. The normalized spacial score (nSPS) is 25.0. The largest absolute Gasteiger partial charge is 0.352 e. The molecule has 6 heavy (non-hydrogen) atoms. The maximum Gasteiger partial charge on any atom is 0.224 e. The van der Waals surface area contributed by atoms with E-state index in [1.807, 2.05) is 0 Å². The van der Waals surface area contributed by atoms with E-state index in [0.717, 1.165) is 21.0 Å². The zero-order chi connectivity index (χ0) is 4.41. The zero-order valence-corrected chi connectivity index (χ0v) is 4.32. The van der Waals surface area contributed by atoms with E-state index in [-0.39, 0.29) is 5.91 Å². The van der Waals surface area contributed by atoms with Crippen LogP contribution < -0.4 is 5.32 Å². The van der Waals surface area contributed by atoms with Crippen LogP contribution in [0.25, 0.3) is 0 Å². The average Bonchev–Trinajstić information content (AvgIpc) is 1.86. The molecule has 1 heterocycles. The second-order valence-corrected chi connectivity index (χ2v) is 2.41. The third-order valence-corrected chi connectivity index (χ3v) is 1.69. The summed E-state index contributed by atoms with van der Waals surface area (Å²) in [5.41, 5.74) is 0. The summed E-state index contributed by atoms with van der Waals surface area (Å²) in [5.74, 6) is 0.216. The van der Waals surface area contributed by atoms with E-state index in [0.29, 0.717) is 0 Å². The molecule has 0 aliphatic carbocycles. The van der Waals surface area contributed by atoms with Gasteiger partial charge in [-0.3, -0.25) is 4.79 Å². The van der Waals surface area contributed by atoms with E-state index in [1.54, 1.807) is 0 Å². The number of rotatable bonds is 0. The monoisotopic (exact) mass is 103 g/mol. The Morgan fingerprint density at radius 3 is 2.83 bits per heavy atom. The molecule has 2 nitrogen and oxygen atoms in total. The molecule has 1 aliphatic heterocycles. The first-order chi connectivity index (χ1) is 2.89. The Hall–Kier alpha value is -0.100. The Morgan fingerprint density at radius 1 is 1.83 bits per heavy atom. The van der Waals surface area contributed by atoms with E-state index >= 15 is 0 Å². The summed E-state index contributed by atoms with van der Waals surface area (Å²) in [7, 11) is 0.828. The Kier molecular flexibility index (Phi) is 1.06. The second kappa shape index (κ2) is 1.57. The molecule has 0 radical (unpaired) electrons. The van der Waals surface area contributed by atoms with Gasteiger partial charge in [0, 0.05) is 12.4 Å². The maximum absolute atomic E-state index is 10.1. The molecule has 0 spiro atoms. The summed E-state index contributed by atoms with van der Waals surface area (Å²) in [4.78, 5) is 10.1. The Labute approximate surface area is 38.1 Å². The Balaban J connectivity index is 2.37. The fourth-order valence-electron chi connectivity index (χ4n) is 0.400. The molecule has 1 fully saturated rings. The van der Waals surface area contributed by atoms with Crippen LogP contribution in [0.1, 0.15) is 0 Å². The number of hydrogen-bond donors (Lipinski definition) is 1. The predicted octanol–water partition coefficient (Wildman–Crippen LogP) is -0.248. The van der Waals surface area contributed by atoms with Crippen LogP contribution in [-0.4, -0.2) is 18.4 Å². The average molecular weight is 103 g/mol. The highest BCUT2D eigenvalue weighted by Gasteiger charge is 2.05. The molecular weight excluding hydrogens is 97.0 g/mol. The molecule has 0 aromatic rings. The molecule has 34 valence electrons. The van der Waals surface area contributed by atoms with Crippen LogP contribution in [0.4, 0.5) is 0 Å². The lowest BCUT2D eigenvalue weighted by Crippen LogP contribution is -2.14. The van der Waals surface area contributed by atoms with Crippen molar-refractivity contribution in [2.45, 2.75) is 0 Å². The van der Waals surface area contributed by atoms with Gasteiger partial charge in [-0.25, -0.2) is 0 Å². The van der Waals surface area contributed by atoms with E-state index in [2.05, 4.69) is 5.32 Å².